The quantitative estimate of drug-likeness (QED) is 0.693. The van der Waals surface area contributed by atoms with Crippen molar-refractivity contribution in [2.24, 2.45) is 0 Å². The number of aromatic amines is 1. The molecule has 3 nitrogen and oxygen atoms in total. The smallest absolute Gasteiger partial charge is 0.179 e. The summed E-state index contributed by atoms with van der Waals surface area (Å²) in [5, 5.41) is 1.07. The van der Waals surface area contributed by atoms with E-state index in [-0.39, 0.29) is 5.78 Å². The summed E-state index contributed by atoms with van der Waals surface area (Å²) in [5.41, 5.74) is 3.91. The normalized spacial score (nSPS) is 10.9. The number of hydrogen-bond donors (Lipinski definition) is 1. The summed E-state index contributed by atoms with van der Waals surface area (Å²) >= 11 is 0. The largest absolute Gasteiger partial charge is 0.352 e. The van der Waals surface area contributed by atoms with E-state index in [1.54, 1.807) is 6.20 Å². The van der Waals surface area contributed by atoms with Crippen LogP contribution in [-0.2, 0) is 0 Å². The SMILES string of the molecule is CCCCC(=O)c1cc2cc(-c3cccnc3)ccc2[nH]1. The molecule has 21 heavy (non-hydrogen) atoms. The first-order valence-corrected chi connectivity index (χ1v) is 7.34. The third-order valence-electron chi connectivity index (χ3n) is 3.67. The Kier molecular flexibility index (Phi) is 3.82. The van der Waals surface area contributed by atoms with Crippen LogP contribution in [0.4, 0.5) is 0 Å². The Morgan fingerprint density at radius 1 is 1.19 bits per heavy atom. The zero-order valence-electron chi connectivity index (χ0n) is 12.1. The average Bonchev–Trinajstić information content (AvgIpc) is 2.96. The van der Waals surface area contributed by atoms with E-state index in [0.717, 1.165) is 34.9 Å². The highest BCUT2D eigenvalue weighted by atomic mass is 16.1. The van der Waals surface area contributed by atoms with Gasteiger partial charge in [-0.15, -0.1) is 0 Å². The van der Waals surface area contributed by atoms with Crippen molar-refractivity contribution in [3.63, 3.8) is 0 Å². The van der Waals surface area contributed by atoms with Crippen molar-refractivity contribution < 1.29 is 4.79 Å². The van der Waals surface area contributed by atoms with E-state index < -0.39 is 0 Å². The molecule has 0 aliphatic rings. The van der Waals surface area contributed by atoms with Gasteiger partial charge in [-0.2, -0.15) is 0 Å². The standard InChI is InChI=1S/C18H18N2O/c1-2-3-6-18(21)17-11-15-10-13(7-8-16(15)20-17)14-5-4-9-19-12-14/h4-5,7-12,20H,2-3,6H2,1H3. The van der Waals surface area contributed by atoms with Crippen molar-refractivity contribution in [2.75, 3.05) is 0 Å². The van der Waals surface area contributed by atoms with Crippen LogP contribution in [0.15, 0.2) is 48.8 Å². The van der Waals surface area contributed by atoms with Gasteiger partial charge in [-0.1, -0.05) is 25.5 Å². The topological polar surface area (TPSA) is 45.8 Å². The predicted molar refractivity (Wildman–Crippen MR) is 85.4 cm³/mol. The molecule has 0 aliphatic heterocycles. The second kappa shape index (κ2) is 5.92. The molecule has 0 aliphatic carbocycles. The summed E-state index contributed by atoms with van der Waals surface area (Å²) in [4.78, 5) is 19.5. The first-order chi connectivity index (χ1) is 10.3. The van der Waals surface area contributed by atoms with Crippen LogP contribution in [-0.4, -0.2) is 15.8 Å². The van der Waals surface area contributed by atoms with Crippen LogP contribution in [0.2, 0.25) is 0 Å². The fourth-order valence-corrected chi connectivity index (χ4v) is 2.47. The minimum atomic E-state index is 0.191. The number of nitrogens with zero attached hydrogens (tertiary/aromatic N) is 1. The van der Waals surface area contributed by atoms with E-state index in [0.29, 0.717) is 12.1 Å². The predicted octanol–water partition coefficient (Wildman–Crippen LogP) is 4.60. The van der Waals surface area contributed by atoms with E-state index in [2.05, 4.69) is 29.0 Å². The number of nitrogens with one attached hydrogen (secondary N) is 1. The average molecular weight is 278 g/mol. The van der Waals surface area contributed by atoms with Gasteiger partial charge in [0.15, 0.2) is 5.78 Å². The zero-order valence-corrected chi connectivity index (χ0v) is 12.1. The third-order valence-corrected chi connectivity index (χ3v) is 3.67. The maximum Gasteiger partial charge on any atom is 0.179 e. The van der Waals surface area contributed by atoms with Crippen molar-refractivity contribution in [1.82, 2.24) is 9.97 Å². The van der Waals surface area contributed by atoms with Crippen molar-refractivity contribution in [3.8, 4) is 11.1 Å². The molecule has 0 unspecified atom stereocenters. The second-order valence-electron chi connectivity index (χ2n) is 5.25. The minimum Gasteiger partial charge on any atom is -0.352 e. The number of rotatable bonds is 5. The van der Waals surface area contributed by atoms with E-state index in [1.807, 2.05) is 30.5 Å². The van der Waals surface area contributed by atoms with Gasteiger partial charge in [0.2, 0.25) is 0 Å². The van der Waals surface area contributed by atoms with Gasteiger partial charge in [0.1, 0.15) is 0 Å². The van der Waals surface area contributed by atoms with E-state index in [9.17, 15) is 4.79 Å². The Morgan fingerprint density at radius 3 is 2.86 bits per heavy atom. The van der Waals surface area contributed by atoms with E-state index in [1.165, 1.54) is 0 Å². The molecule has 0 radical (unpaired) electrons. The number of Topliss-reactive ketones (excluding diaryl/α,β-unsaturated/α-hetero) is 1. The molecule has 1 aromatic carbocycles. The molecule has 3 heteroatoms. The molecule has 106 valence electrons. The van der Waals surface area contributed by atoms with Crippen molar-refractivity contribution in [1.29, 1.82) is 0 Å². The lowest BCUT2D eigenvalue weighted by atomic mass is 10.1. The van der Waals surface area contributed by atoms with Crippen LogP contribution in [0.1, 0.15) is 36.7 Å². The molecule has 3 aromatic rings. The van der Waals surface area contributed by atoms with E-state index >= 15 is 0 Å². The minimum absolute atomic E-state index is 0.191. The fourth-order valence-electron chi connectivity index (χ4n) is 2.47. The number of H-pyrrole nitrogens is 1. The highest BCUT2D eigenvalue weighted by Crippen LogP contribution is 2.24. The number of pyridine rings is 1. The molecule has 2 heterocycles. The number of fused-ring (bicyclic) bond motifs is 1. The lowest BCUT2D eigenvalue weighted by Gasteiger charge is -2.00. The summed E-state index contributed by atoms with van der Waals surface area (Å²) in [6.07, 6.45) is 6.20. The molecule has 0 spiro atoms. The first-order valence-electron chi connectivity index (χ1n) is 7.34. The Hall–Kier alpha value is -2.42. The number of ketones is 1. The van der Waals surface area contributed by atoms with Gasteiger partial charge < -0.3 is 4.98 Å². The number of hydrogen-bond acceptors (Lipinski definition) is 2. The third kappa shape index (κ3) is 2.87. The van der Waals surface area contributed by atoms with Crippen molar-refractivity contribution >= 4 is 16.7 Å². The maximum atomic E-state index is 12.1. The fraction of sp³-hybridized carbons (Fsp3) is 0.222. The number of carbonyl (C=O) groups is 1. The molecule has 2 aromatic heterocycles. The molecule has 0 fully saturated rings. The summed E-state index contributed by atoms with van der Waals surface area (Å²) < 4.78 is 0. The van der Waals surface area contributed by atoms with Gasteiger partial charge >= 0.3 is 0 Å². The molecule has 1 N–H and O–H groups in total. The van der Waals surface area contributed by atoms with Crippen LogP contribution >= 0.6 is 0 Å². The Morgan fingerprint density at radius 2 is 2.10 bits per heavy atom. The van der Waals surface area contributed by atoms with Crippen LogP contribution in [0, 0.1) is 0 Å². The van der Waals surface area contributed by atoms with Crippen LogP contribution in [0.25, 0.3) is 22.0 Å². The van der Waals surface area contributed by atoms with E-state index in [4.69, 9.17) is 0 Å². The molecule has 0 saturated heterocycles. The molecular formula is C18H18N2O. The highest BCUT2D eigenvalue weighted by Gasteiger charge is 2.09. The Balaban J connectivity index is 1.94. The summed E-state index contributed by atoms with van der Waals surface area (Å²) in [6.45, 7) is 2.10. The van der Waals surface area contributed by atoms with Gasteiger partial charge in [0.25, 0.3) is 0 Å². The molecule has 0 amide bonds. The Bertz CT molecular complexity index is 759. The molecule has 0 bridgehead atoms. The summed E-state index contributed by atoms with van der Waals surface area (Å²) in [5.74, 6) is 0.191. The Labute approximate surface area is 124 Å². The number of carbonyl (C=O) groups excluding carboxylic acids is 1. The first kappa shape index (κ1) is 13.6. The second-order valence-corrected chi connectivity index (χ2v) is 5.25. The van der Waals surface area contributed by atoms with Gasteiger partial charge in [0, 0.05) is 35.3 Å². The monoisotopic (exact) mass is 278 g/mol. The highest BCUT2D eigenvalue weighted by molar-refractivity contribution is 6.00. The van der Waals surface area contributed by atoms with Crippen molar-refractivity contribution in [2.45, 2.75) is 26.2 Å². The van der Waals surface area contributed by atoms with Crippen LogP contribution < -0.4 is 0 Å². The zero-order chi connectivity index (χ0) is 14.7. The van der Waals surface area contributed by atoms with Crippen LogP contribution in [0.3, 0.4) is 0 Å². The molecule has 3 rings (SSSR count). The maximum absolute atomic E-state index is 12.1. The molecular weight excluding hydrogens is 260 g/mol. The lowest BCUT2D eigenvalue weighted by molar-refractivity contribution is 0.0976. The van der Waals surface area contributed by atoms with Gasteiger partial charge in [0.05, 0.1) is 5.69 Å². The summed E-state index contributed by atoms with van der Waals surface area (Å²) in [7, 11) is 0. The van der Waals surface area contributed by atoms with Crippen molar-refractivity contribution in [3.05, 3.63) is 54.5 Å². The summed E-state index contributed by atoms with van der Waals surface area (Å²) in [6, 6.07) is 12.1. The van der Waals surface area contributed by atoms with Gasteiger partial charge in [-0.25, -0.2) is 0 Å². The number of aromatic nitrogens is 2. The van der Waals surface area contributed by atoms with Gasteiger partial charge in [-0.05, 0) is 36.2 Å². The number of unbranched alkanes of at least 4 members (excludes halogenated alkanes) is 1. The lowest BCUT2D eigenvalue weighted by Crippen LogP contribution is -1.98. The number of benzene rings is 1. The van der Waals surface area contributed by atoms with Gasteiger partial charge in [-0.3, -0.25) is 9.78 Å². The van der Waals surface area contributed by atoms with Crippen LogP contribution in [0.5, 0.6) is 0 Å². The molecule has 0 atom stereocenters. The molecule has 0 saturated carbocycles.